The van der Waals surface area contributed by atoms with Crippen LogP contribution in [-0.4, -0.2) is 32.4 Å². The lowest BCUT2D eigenvalue weighted by atomic mass is 10.1. The number of aryl methyl sites for hydroxylation is 1. The standard InChI is InChI=1S/C13H17N5O3/c1-8-9(12(20)18-13(21)17-8)2-3-11(19)16-5-4-10-14-6-7-15-10/h6-7H,2-5H2,1H3,(H,14,15)(H,16,19)(H2,17,18,20,21). The van der Waals surface area contributed by atoms with Crippen LogP contribution in [0.25, 0.3) is 0 Å². The Bertz CT molecular complexity index is 714. The fourth-order valence-corrected chi connectivity index (χ4v) is 2.01. The lowest BCUT2D eigenvalue weighted by molar-refractivity contribution is -0.121. The fraction of sp³-hybridized carbons (Fsp3) is 0.385. The van der Waals surface area contributed by atoms with E-state index < -0.39 is 11.2 Å². The Labute approximate surface area is 120 Å². The Morgan fingerprint density at radius 1 is 1.29 bits per heavy atom. The van der Waals surface area contributed by atoms with Gasteiger partial charge in [0, 0.05) is 43.0 Å². The summed E-state index contributed by atoms with van der Waals surface area (Å²) in [5, 5.41) is 2.76. The highest BCUT2D eigenvalue weighted by atomic mass is 16.2. The van der Waals surface area contributed by atoms with E-state index in [1.807, 2.05) is 0 Å². The molecular weight excluding hydrogens is 274 g/mol. The quantitative estimate of drug-likeness (QED) is 0.566. The van der Waals surface area contributed by atoms with Crippen molar-refractivity contribution in [1.29, 1.82) is 0 Å². The molecule has 0 atom stereocenters. The number of aromatic amines is 3. The number of H-pyrrole nitrogens is 3. The van der Waals surface area contributed by atoms with Crippen LogP contribution in [0, 0.1) is 6.92 Å². The van der Waals surface area contributed by atoms with Gasteiger partial charge in [0.15, 0.2) is 0 Å². The summed E-state index contributed by atoms with van der Waals surface area (Å²) < 4.78 is 0. The number of nitrogens with zero attached hydrogens (tertiary/aromatic N) is 1. The highest BCUT2D eigenvalue weighted by Crippen LogP contribution is 1.99. The molecule has 0 aliphatic heterocycles. The summed E-state index contributed by atoms with van der Waals surface area (Å²) in [6, 6.07) is 0. The molecule has 0 aliphatic rings. The van der Waals surface area contributed by atoms with E-state index in [1.54, 1.807) is 19.3 Å². The van der Waals surface area contributed by atoms with Gasteiger partial charge >= 0.3 is 5.69 Å². The molecule has 0 bridgehead atoms. The minimum absolute atomic E-state index is 0.147. The molecule has 0 fully saturated rings. The normalized spacial score (nSPS) is 10.5. The van der Waals surface area contributed by atoms with E-state index in [-0.39, 0.29) is 18.7 Å². The summed E-state index contributed by atoms with van der Waals surface area (Å²) >= 11 is 0. The van der Waals surface area contributed by atoms with Crippen molar-refractivity contribution in [3.8, 4) is 0 Å². The molecule has 0 saturated heterocycles. The van der Waals surface area contributed by atoms with Gasteiger partial charge in [-0.1, -0.05) is 0 Å². The average Bonchev–Trinajstić information content (AvgIpc) is 2.90. The van der Waals surface area contributed by atoms with Gasteiger partial charge < -0.3 is 15.3 Å². The molecule has 2 aromatic rings. The molecule has 1 amide bonds. The third-order valence-corrected chi connectivity index (χ3v) is 3.10. The Kier molecular flexibility index (Phi) is 4.70. The highest BCUT2D eigenvalue weighted by Gasteiger charge is 2.09. The van der Waals surface area contributed by atoms with E-state index in [1.165, 1.54) is 0 Å². The zero-order chi connectivity index (χ0) is 15.2. The molecule has 0 aromatic carbocycles. The second kappa shape index (κ2) is 6.69. The Balaban J connectivity index is 1.81. The maximum atomic E-state index is 11.7. The van der Waals surface area contributed by atoms with Gasteiger partial charge in [-0.3, -0.25) is 14.6 Å². The van der Waals surface area contributed by atoms with E-state index in [9.17, 15) is 14.4 Å². The van der Waals surface area contributed by atoms with Gasteiger partial charge in [-0.15, -0.1) is 0 Å². The lowest BCUT2D eigenvalue weighted by Gasteiger charge is -2.05. The van der Waals surface area contributed by atoms with Crippen molar-refractivity contribution in [2.45, 2.75) is 26.2 Å². The molecule has 8 nitrogen and oxygen atoms in total. The number of carbonyl (C=O) groups excluding carboxylic acids is 1. The minimum atomic E-state index is -0.538. The molecule has 2 aromatic heterocycles. The SMILES string of the molecule is Cc1[nH]c(=O)[nH]c(=O)c1CCC(=O)NCCc1ncc[nH]1. The van der Waals surface area contributed by atoms with E-state index in [4.69, 9.17) is 0 Å². The molecular formula is C13H17N5O3. The van der Waals surface area contributed by atoms with Crippen LogP contribution in [-0.2, 0) is 17.6 Å². The van der Waals surface area contributed by atoms with E-state index in [2.05, 4.69) is 25.3 Å². The number of imidazole rings is 1. The first-order chi connectivity index (χ1) is 10.1. The van der Waals surface area contributed by atoms with Crippen LogP contribution in [0.4, 0.5) is 0 Å². The highest BCUT2D eigenvalue weighted by molar-refractivity contribution is 5.76. The van der Waals surface area contributed by atoms with Crippen LogP contribution in [0.1, 0.15) is 23.5 Å². The van der Waals surface area contributed by atoms with Crippen LogP contribution in [0.15, 0.2) is 22.0 Å². The van der Waals surface area contributed by atoms with Crippen molar-refractivity contribution in [1.82, 2.24) is 25.3 Å². The van der Waals surface area contributed by atoms with Crippen molar-refractivity contribution in [2.24, 2.45) is 0 Å². The van der Waals surface area contributed by atoms with Crippen LogP contribution in [0.3, 0.4) is 0 Å². The van der Waals surface area contributed by atoms with Crippen LogP contribution >= 0.6 is 0 Å². The van der Waals surface area contributed by atoms with Crippen molar-refractivity contribution in [3.63, 3.8) is 0 Å². The van der Waals surface area contributed by atoms with Gasteiger partial charge in [-0.05, 0) is 13.3 Å². The fourth-order valence-electron chi connectivity index (χ4n) is 2.01. The molecule has 112 valence electrons. The number of rotatable bonds is 6. The maximum Gasteiger partial charge on any atom is 0.325 e. The monoisotopic (exact) mass is 291 g/mol. The average molecular weight is 291 g/mol. The van der Waals surface area contributed by atoms with Crippen LogP contribution in [0.2, 0.25) is 0 Å². The van der Waals surface area contributed by atoms with E-state index in [0.717, 1.165) is 5.82 Å². The van der Waals surface area contributed by atoms with Crippen molar-refractivity contribution in [3.05, 3.63) is 50.3 Å². The number of carbonyl (C=O) groups is 1. The summed E-state index contributed by atoms with van der Waals surface area (Å²) in [7, 11) is 0. The summed E-state index contributed by atoms with van der Waals surface area (Å²) in [5.74, 6) is 0.662. The number of nitrogens with one attached hydrogen (secondary N) is 4. The largest absolute Gasteiger partial charge is 0.356 e. The molecule has 0 radical (unpaired) electrons. The number of hydrogen-bond donors (Lipinski definition) is 4. The van der Waals surface area contributed by atoms with Gasteiger partial charge in [-0.25, -0.2) is 9.78 Å². The first-order valence-corrected chi connectivity index (χ1v) is 6.63. The minimum Gasteiger partial charge on any atom is -0.356 e. The van der Waals surface area contributed by atoms with E-state index >= 15 is 0 Å². The molecule has 2 heterocycles. The lowest BCUT2D eigenvalue weighted by Crippen LogP contribution is -2.30. The number of hydrogen-bond acceptors (Lipinski definition) is 4. The second-order valence-electron chi connectivity index (χ2n) is 4.65. The maximum absolute atomic E-state index is 11.7. The molecule has 8 heteroatoms. The van der Waals surface area contributed by atoms with E-state index in [0.29, 0.717) is 24.2 Å². The Hall–Kier alpha value is -2.64. The molecule has 4 N–H and O–H groups in total. The number of amides is 1. The van der Waals surface area contributed by atoms with Crippen molar-refractivity contribution >= 4 is 5.91 Å². The number of aromatic nitrogens is 4. The Morgan fingerprint density at radius 2 is 2.10 bits per heavy atom. The predicted molar refractivity (Wildman–Crippen MR) is 76.0 cm³/mol. The second-order valence-corrected chi connectivity index (χ2v) is 4.65. The zero-order valence-electron chi connectivity index (χ0n) is 11.7. The molecule has 0 unspecified atom stereocenters. The molecule has 0 aliphatic carbocycles. The summed E-state index contributed by atoms with van der Waals surface area (Å²) in [6.07, 6.45) is 4.47. The van der Waals surface area contributed by atoms with Gasteiger partial charge in [0.05, 0.1) is 0 Å². The molecule has 21 heavy (non-hydrogen) atoms. The third kappa shape index (κ3) is 4.16. The van der Waals surface area contributed by atoms with Gasteiger partial charge in [0.2, 0.25) is 5.91 Å². The molecule has 0 spiro atoms. The third-order valence-electron chi connectivity index (χ3n) is 3.10. The molecule has 2 rings (SSSR count). The topological polar surface area (TPSA) is 124 Å². The van der Waals surface area contributed by atoms with Crippen LogP contribution in [0.5, 0.6) is 0 Å². The smallest absolute Gasteiger partial charge is 0.325 e. The summed E-state index contributed by atoms with van der Waals surface area (Å²) in [4.78, 5) is 46.1. The zero-order valence-corrected chi connectivity index (χ0v) is 11.7. The predicted octanol–water partition coefficient (Wildman–Crippen LogP) is -0.614. The van der Waals surface area contributed by atoms with Gasteiger partial charge in [0.1, 0.15) is 5.82 Å². The van der Waals surface area contributed by atoms with Gasteiger partial charge in [-0.2, -0.15) is 0 Å². The summed E-state index contributed by atoms with van der Waals surface area (Å²) in [5.41, 5.74) is -0.0632. The first kappa shape index (κ1) is 14.8. The molecule has 0 saturated carbocycles. The summed E-state index contributed by atoms with van der Waals surface area (Å²) in [6.45, 7) is 2.12. The van der Waals surface area contributed by atoms with Crippen LogP contribution < -0.4 is 16.6 Å². The van der Waals surface area contributed by atoms with Crippen molar-refractivity contribution in [2.75, 3.05) is 6.54 Å². The van der Waals surface area contributed by atoms with Gasteiger partial charge in [0.25, 0.3) is 5.56 Å². The van der Waals surface area contributed by atoms with Crippen molar-refractivity contribution < 1.29 is 4.79 Å². The first-order valence-electron chi connectivity index (χ1n) is 6.63. The Morgan fingerprint density at radius 3 is 2.76 bits per heavy atom.